The Morgan fingerprint density at radius 3 is 3.12 bits per heavy atom. The second kappa shape index (κ2) is 5.22. The number of carbonyl (C=O) groups is 2. The molecular formula is C10H13N3O3S. The lowest BCUT2D eigenvalue weighted by atomic mass is 10.2. The average molecular weight is 255 g/mol. The second-order valence-electron chi connectivity index (χ2n) is 3.70. The second-order valence-corrected chi connectivity index (χ2v) is 4.26. The quantitative estimate of drug-likeness (QED) is 0.744. The van der Waals surface area contributed by atoms with Gasteiger partial charge in [-0.1, -0.05) is 0 Å². The summed E-state index contributed by atoms with van der Waals surface area (Å²) in [5, 5.41) is 0. The van der Waals surface area contributed by atoms with Crippen LogP contribution in [0.4, 0.5) is 0 Å². The summed E-state index contributed by atoms with van der Waals surface area (Å²) in [7, 11) is 0. The van der Waals surface area contributed by atoms with Gasteiger partial charge in [-0.2, -0.15) is 8.75 Å². The van der Waals surface area contributed by atoms with Crippen molar-refractivity contribution in [2.24, 2.45) is 0 Å². The number of amides is 1. The Labute approximate surface area is 103 Å². The minimum Gasteiger partial charge on any atom is -0.464 e. The molecule has 17 heavy (non-hydrogen) atoms. The van der Waals surface area contributed by atoms with Gasteiger partial charge >= 0.3 is 5.97 Å². The summed E-state index contributed by atoms with van der Waals surface area (Å²) in [6.45, 7) is 2.65. The molecule has 0 radical (unpaired) electrons. The van der Waals surface area contributed by atoms with Crippen molar-refractivity contribution in [3.63, 3.8) is 0 Å². The molecule has 0 saturated carbocycles. The van der Waals surface area contributed by atoms with Gasteiger partial charge in [-0.05, 0) is 19.8 Å². The van der Waals surface area contributed by atoms with Crippen molar-refractivity contribution in [2.75, 3.05) is 13.2 Å². The first-order valence-corrected chi connectivity index (χ1v) is 6.22. The van der Waals surface area contributed by atoms with Crippen LogP contribution in [0.25, 0.3) is 0 Å². The van der Waals surface area contributed by atoms with Crippen LogP contribution >= 0.6 is 11.7 Å². The number of likely N-dealkylation sites (tertiary alicyclic amines) is 1. The zero-order valence-electron chi connectivity index (χ0n) is 9.46. The van der Waals surface area contributed by atoms with E-state index in [0.717, 1.165) is 18.1 Å². The van der Waals surface area contributed by atoms with Gasteiger partial charge in [0.2, 0.25) is 0 Å². The minimum atomic E-state index is -0.468. The molecule has 2 heterocycles. The summed E-state index contributed by atoms with van der Waals surface area (Å²) in [5.41, 5.74) is 0.297. The summed E-state index contributed by atoms with van der Waals surface area (Å²) >= 11 is 0.983. The monoisotopic (exact) mass is 255 g/mol. The predicted octanol–water partition coefficient (Wildman–Crippen LogP) is 0.706. The van der Waals surface area contributed by atoms with E-state index in [1.165, 1.54) is 11.1 Å². The molecule has 0 aliphatic carbocycles. The summed E-state index contributed by atoms with van der Waals surface area (Å²) in [5.74, 6) is -0.573. The van der Waals surface area contributed by atoms with Crippen LogP contribution in [-0.4, -0.2) is 44.7 Å². The van der Waals surface area contributed by atoms with E-state index in [4.69, 9.17) is 4.74 Å². The first-order valence-electron chi connectivity index (χ1n) is 5.49. The molecular weight excluding hydrogens is 242 g/mol. The summed E-state index contributed by atoms with van der Waals surface area (Å²) < 4.78 is 12.6. The summed E-state index contributed by atoms with van der Waals surface area (Å²) in [4.78, 5) is 25.3. The van der Waals surface area contributed by atoms with Crippen LogP contribution in [0.3, 0.4) is 0 Å². The van der Waals surface area contributed by atoms with Gasteiger partial charge in [0.05, 0.1) is 24.5 Å². The van der Waals surface area contributed by atoms with Crippen molar-refractivity contribution in [1.29, 1.82) is 0 Å². The van der Waals surface area contributed by atoms with E-state index in [1.54, 1.807) is 6.92 Å². The van der Waals surface area contributed by atoms with Crippen molar-refractivity contribution in [3.8, 4) is 0 Å². The number of hydrogen-bond acceptors (Lipinski definition) is 6. The lowest BCUT2D eigenvalue weighted by Gasteiger charge is -2.21. The molecule has 1 aromatic rings. The molecule has 92 valence electrons. The summed E-state index contributed by atoms with van der Waals surface area (Å²) in [6.07, 6.45) is 2.89. The third kappa shape index (κ3) is 2.44. The molecule has 1 saturated heterocycles. The summed E-state index contributed by atoms with van der Waals surface area (Å²) in [6, 6.07) is -0.468. The largest absolute Gasteiger partial charge is 0.464 e. The number of carbonyl (C=O) groups excluding carboxylic acids is 2. The van der Waals surface area contributed by atoms with Crippen molar-refractivity contribution in [1.82, 2.24) is 13.6 Å². The van der Waals surface area contributed by atoms with E-state index in [-0.39, 0.29) is 11.9 Å². The molecule has 0 N–H and O–H groups in total. The molecule has 1 aliphatic rings. The van der Waals surface area contributed by atoms with Gasteiger partial charge < -0.3 is 9.64 Å². The van der Waals surface area contributed by atoms with Gasteiger partial charge in [0.15, 0.2) is 5.69 Å². The highest BCUT2D eigenvalue weighted by Gasteiger charge is 2.36. The molecule has 1 atom stereocenters. The van der Waals surface area contributed by atoms with Crippen LogP contribution in [0.2, 0.25) is 0 Å². The van der Waals surface area contributed by atoms with Crippen LogP contribution in [0.5, 0.6) is 0 Å². The van der Waals surface area contributed by atoms with Gasteiger partial charge in [0.1, 0.15) is 6.04 Å². The standard InChI is InChI=1S/C10H13N3O3S/c1-2-16-10(15)8-4-3-5-13(8)9(14)7-6-11-17-12-7/h6,8H,2-5H2,1H3. The minimum absolute atomic E-state index is 0.241. The SMILES string of the molecule is CCOC(=O)C1CCCN1C(=O)c1cnsn1. The van der Waals surface area contributed by atoms with Gasteiger partial charge in [0.25, 0.3) is 5.91 Å². The molecule has 1 amide bonds. The zero-order valence-corrected chi connectivity index (χ0v) is 10.3. The van der Waals surface area contributed by atoms with Crippen LogP contribution in [0.1, 0.15) is 30.3 Å². The maximum absolute atomic E-state index is 12.0. The molecule has 0 bridgehead atoms. The van der Waals surface area contributed by atoms with Crippen LogP contribution < -0.4 is 0 Å². The number of esters is 1. The van der Waals surface area contributed by atoms with Crippen molar-refractivity contribution in [3.05, 3.63) is 11.9 Å². The lowest BCUT2D eigenvalue weighted by Crippen LogP contribution is -2.41. The zero-order chi connectivity index (χ0) is 12.3. The molecule has 1 aromatic heterocycles. The van der Waals surface area contributed by atoms with E-state index in [1.807, 2.05) is 0 Å². The Morgan fingerprint density at radius 1 is 1.65 bits per heavy atom. The van der Waals surface area contributed by atoms with Crippen molar-refractivity contribution in [2.45, 2.75) is 25.8 Å². The molecule has 1 unspecified atom stereocenters. The molecule has 0 aromatic carbocycles. The Kier molecular flexibility index (Phi) is 3.68. The van der Waals surface area contributed by atoms with E-state index in [0.29, 0.717) is 25.3 Å². The maximum atomic E-state index is 12.0. The van der Waals surface area contributed by atoms with Gasteiger partial charge in [-0.3, -0.25) is 4.79 Å². The predicted molar refractivity (Wildman–Crippen MR) is 60.6 cm³/mol. The number of aromatic nitrogens is 2. The fraction of sp³-hybridized carbons (Fsp3) is 0.600. The molecule has 1 aliphatic heterocycles. The molecule has 1 fully saturated rings. The number of ether oxygens (including phenoxy) is 1. The van der Waals surface area contributed by atoms with Gasteiger partial charge in [-0.15, -0.1) is 0 Å². The highest BCUT2D eigenvalue weighted by molar-refractivity contribution is 6.99. The first kappa shape index (κ1) is 12.0. The topological polar surface area (TPSA) is 72.4 Å². The fourth-order valence-electron chi connectivity index (χ4n) is 1.90. The Morgan fingerprint density at radius 2 is 2.47 bits per heavy atom. The van der Waals surface area contributed by atoms with Crippen molar-refractivity contribution < 1.29 is 14.3 Å². The van der Waals surface area contributed by atoms with Gasteiger partial charge in [-0.25, -0.2) is 4.79 Å². The molecule has 6 nitrogen and oxygen atoms in total. The third-order valence-corrected chi connectivity index (χ3v) is 3.13. The fourth-order valence-corrected chi connectivity index (χ4v) is 2.31. The van der Waals surface area contributed by atoms with Crippen LogP contribution in [0, 0.1) is 0 Å². The van der Waals surface area contributed by atoms with E-state index in [9.17, 15) is 9.59 Å². The third-order valence-electron chi connectivity index (χ3n) is 2.65. The van der Waals surface area contributed by atoms with Crippen molar-refractivity contribution >= 4 is 23.6 Å². The van der Waals surface area contributed by atoms with E-state index in [2.05, 4.69) is 8.75 Å². The maximum Gasteiger partial charge on any atom is 0.328 e. The van der Waals surface area contributed by atoms with Crippen LogP contribution in [-0.2, 0) is 9.53 Å². The number of nitrogens with zero attached hydrogens (tertiary/aromatic N) is 3. The number of hydrogen-bond donors (Lipinski definition) is 0. The Bertz CT molecular complexity index is 407. The normalized spacial score (nSPS) is 19.4. The molecule has 7 heteroatoms. The van der Waals surface area contributed by atoms with Crippen LogP contribution in [0.15, 0.2) is 6.20 Å². The number of rotatable bonds is 3. The van der Waals surface area contributed by atoms with E-state index < -0.39 is 6.04 Å². The highest BCUT2D eigenvalue weighted by Crippen LogP contribution is 2.20. The lowest BCUT2D eigenvalue weighted by molar-refractivity contribution is -0.147. The molecule has 2 rings (SSSR count). The Balaban J connectivity index is 2.09. The first-order chi connectivity index (χ1) is 8.24. The Hall–Kier alpha value is -1.50. The van der Waals surface area contributed by atoms with Gasteiger partial charge in [0, 0.05) is 6.54 Å². The molecule has 0 spiro atoms. The smallest absolute Gasteiger partial charge is 0.328 e. The van der Waals surface area contributed by atoms with E-state index >= 15 is 0 Å². The average Bonchev–Trinajstić information content (AvgIpc) is 3.00. The highest BCUT2D eigenvalue weighted by atomic mass is 32.1.